The fourth-order valence-electron chi connectivity index (χ4n) is 4.57. The van der Waals surface area contributed by atoms with Gasteiger partial charge in [0.25, 0.3) is 5.91 Å². The Morgan fingerprint density at radius 3 is 2.48 bits per heavy atom. The van der Waals surface area contributed by atoms with Crippen molar-refractivity contribution in [1.82, 2.24) is 14.6 Å². The quantitative estimate of drug-likeness (QED) is 0.790. The first kappa shape index (κ1) is 20.4. The Balaban J connectivity index is 1.59. The first-order valence-electron chi connectivity index (χ1n) is 10.8. The summed E-state index contributed by atoms with van der Waals surface area (Å²) in [6.07, 6.45) is 7.42. The van der Waals surface area contributed by atoms with Crippen LogP contribution in [0.3, 0.4) is 0 Å². The SMILES string of the molecule is Cc1c(C(=O)NC2CCCCC2)[nH]c2ccc(S(=O)(=O)N3CCC(C)CC3)cc12. The summed E-state index contributed by atoms with van der Waals surface area (Å²) in [4.78, 5) is 16.3. The summed E-state index contributed by atoms with van der Waals surface area (Å²) < 4.78 is 27.8. The van der Waals surface area contributed by atoms with Crippen molar-refractivity contribution in [3.8, 4) is 0 Å². The van der Waals surface area contributed by atoms with E-state index in [2.05, 4.69) is 17.2 Å². The topological polar surface area (TPSA) is 82.3 Å². The van der Waals surface area contributed by atoms with Crippen LogP contribution in [-0.4, -0.2) is 42.7 Å². The van der Waals surface area contributed by atoms with Crippen molar-refractivity contribution in [3.05, 3.63) is 29.5 Å². The highest BCUT2D eigenvalue weighted by Crippen LogP contribution is 2.29. The van der Waals surface area contributed by atoms with Crippen molar-refractivity contribution in [2.24, 2.45) is 5.92 Å². The monoisotopic (exact) mass is 417 g/mol. The number of nitrogens with one attached hydrogen (secondary N) is 2. The molecule has 0 radical (unpaired) electrons. The Morgan fingerprint density at radius 2 is 1.79 bits per heavy atom. The number of carbonyl (C=O) groups is 1. The van der Waals surface area contributed by atoms with Gasteiger partial charge in [0.2, 0.25) is 10.0 Å². The molecule has 2 aliphatic rings. The molecule has 2 heterocycles. The van der Waals surface area contributed by atoms with E-state index in [9.17, 15) is 13.2 Å². The standard InChI is InChI=1S/C22H31N3O3S/c1-15-10-12-25(13-11-15)29(27,28)18-8-9-20-19(14-18)16(2)21(24-20)22(26)23-17-6-4-3-5-7-17/h8-9,14-15,17,24H,3-7,10-13H2,1-2H3,(H,23,26). The van der Waals surface area contributed by atoms with E-state index in [0.29, 0.717) is 29.6 Å². The number of hydrogen-bond acceptors (Lipinski definition) is 3. The molecule has 2 aromatic rings. The van der Waals surface area contributed by atoms with E-state index in [1.165, 1.54) is 6.42 Å². The zero-order valence-corrected chi connectivity index (χ0v) is 18.1. The molecule has 0 bridgehead atoms. The van der Waals surface area contributed by atoms with E-state index in [4.69, 9.17) is 0 Å². The lowest BCUT2D eigenvalue weighted by molar-refractivity contribution is 0.0923. The minimum absolute atomic E-state index is 0.0972. The zero-order valence-electron chi connectivity index (χ0n) is 17.3. The second-order valence-electron chi connectivity index (χ2n) is 8.73. The second-order valence-corrected chi connectivity index (χ2v) is 10.7. The predicted molar refractivity (Wildman–Crippen MR) is 115 cm³/mol. The average molecular weight is 418 g/mol. The molecule has 1 aliphatic carbocycles. The Kier molecular flexibility index (Phi) is 5.71. The van der Waals surface area contributed by atoms with Crippen LogP contribution >= 0.6 is 0 Å². The highest BCUT2D eigenvalue weighted by molar-refractivity contribution is 7.89. The molecule has 29 heavy (non-hydrogen) atoms. The van der Waals surface area contributed by atoms with Crippen LogP contribution in [0.15, 0.2) is 23.1 Å². The Hall–Kier alpha value is -1.86. The van der Waals surface area contributed by atoms with Gasteiger partial charge in [0.05, 0.1) is 4.90 Å². The second kappa shape index (κ2) is 8.11. The van der Waals surface area contributed by atoms with Crippen LogP contribution in [0.2, 0.25) is 0 Å². The summed E-state index contributed by atoms with van der Waals surface area (Å²) in [6.45, 7) is 5.19. The van der Waals surface area contributed by atoms with Crippen LogP contribution in [0.25, 0.3) is 10.9 Å². The van der Waals surface area contributed by atoms with Gasteiger partial charge in [-0.25, -0.2) is 8.42 Å². The van der Waals surface area contributed by atoms with E-state index >= 15 is 0 Å². The maximum Gasteiger partial charge on any atom is 0.268 e. The number of H-pyrrole nitrogens is 1. The molecule has 1 saturated carbocycles. The van der Waals surface area contributed by atoms with Gasteiger partial charge < -0.3 is 10.3 Å². The van der Waals surface area contributed by atoms with Crippen LogP contribution < -0.4 is 5.32 Å². The third-order valence-electron chi connectivity index (χ3n) is 6.58. The number of carbonyl (C=O) groups excluding carboxylic acids is 1. The third-order valence-corrected chi connectivity index (χ3v) is 8.47. The lowest BCUT2D eigenvalue weighted by Gasteiger charge is -2.29. The van der Waals surface area contributed by atoms with E-state index in [0.717, 1.165) is 55.0 Å². The molecule has 2 N–H and O–H groups in total. The van der Waals surface area contributed by atoms with Crippen LogP contribution in [0.4, 0.5) is 0 Å². The minimum atomic E-state index is -3.51. The molecule has 0 atom stereocenters. The number of nitrogens with zero attached hydrogens (tertiary/aromatic N) is 1. The number of rotatable bonds is 4. The van der Waals surface area contributed by atoms with E-state index in [1.807, 2.05) is 6.92 Å². The van der Waals surface area contributed by atoms with Crippen molar-refractivity contribution in [2.45, 2.75) is 69.7 Å². The number of benzene rings is 1. The molecule has 1 saturated heterocycles. The summed E-state index contributed by atoms with van der Waals surface area (Å²) in [5.74, 6) is 0.473. The molecular weight excluding hydrogens is 386 g/mol. The smallest absolute Gasteiger partial charge is 0.268 e. The number of fused-ring (bicyclic) bond motifs is 1. The summed E-state index contributed by atoms with van der Waals surface area (Å²) in [7, 11) is -3.51. The Labute approximate surface area is 173 Å². The van der Waals surface area contributed by atoms with Crippen LogP contribution in [-0.2, 0) is 10.0 Å². The van der Waals surface area contributed by atoms with Gasteiger partial charge in [-0.05, 0) is 62.3 Å². The van der Waals surface area contributed by atoms with Gasteiger partial charge in [-0.1, -0.05) is 26.2 Å². The number of aromatic nitrogens is 1. The van der Waals surface area contributed by atoms with Gasteiger partial charge in [0, 0.05) is 30.0 Å². The van der Waals surface area contributed by atoms with Gasteiger partial charge in [-0.15, -0.1) is 0 Å². The summed E-state index contributed by atoms with van der Waals surface area (Å²) in [6, 6.07) is 5.37. The molecule has 1 aromatic carbocycles. The molecule has 1 aromatic heterocycles. The van der Waals surface area contributed by atoms with Crippen LogP contribution in [0.5, 0.6) is 0 Å². The highest BCUT2D eigenvalue weighted by atomic mass is 32.2. The molecule has 0 spiro atoms. The van der Waals surface area contributed by atoms with Gasteiger partial charge in [0.15, 0.2) is 0 Å². The molecule has 6 nitrogen and oxygen atoms in total. The summed E-state index contributed by atoms with van der Waals surface area (Å²) in [5.41, 5.74) is 2.13. The largest absolute Gasteiger partial charge is 0.350 e. The van der Waals surface area contributed by atoms with E-state index < -0.39 is 10.0 Å². The van der Waals surface area contributed by atoms with Crippen molar-refractivity contribution < 1.29 is 13.2 Å². The lowest BCUT2D eigenvalue weighted by Crippen LogP contribution is -2.37. The number of piperidine rings is 1. The zero-order chi connectivity index (χ0) is 20.6. The van der Waals surface area contributed by atoms with E-state index in [-0.39, 0.29) is 11.9 Å². The fraction of sp³-hybridized carbons (Fsp3) is 0.591. The Morgan fingerprint density at radius 1 is 1.10 bits per heavy atom. The van der Waals surface area contributed by atoms with E-state index in [1.54, 1.807) is 22.5 Å². The molecule has 2 fully saturated rings. The average Bonchev–Trinajstić information content (AvgIpc) is 3.05. The number of sulfonamides is 1. The molecule has 1 aliphatic heterocycles. The maximum absolute atomic E-state index is 13.1. The minimum Gasteiger partial charge on any atom is -0.350 e. The van der Waals surface area contributed by atoms with Crippen LogP contribution in [0, 0.1) is 12.8 Å². The first-order valence-corrected chi connectivity index (χ1v) is 12.2. The number of amides is 1. The molecule has 0 unspecified atom stereocenters. The van der Waals surface area contributed by atoms with Crippen LogP contribution in [0.1, 0.15) is 67.9 Å². The lowest BCUT2D eigenvalue weighted by atomic mass is 9.95. The molecule has 158 valence electrons. The highest BCUT2D eigenvalue weighted by Gasteiger charge is 2.29. The van der Waals surface area contributed by atoms with Gasteiger partial charge in [-0.2, -0.15) is 4.31 Å². The molecular formula is C22H31N3O3S. The number of aryl methyl sites for hydroxylation is 1. The Bertz CT molecular complexity index is 998. The number of hydrogen-bond donors (Lipinski definition) is 2. The fourth-order valence-corrected chi connectivity index (χ4v) is 6.07. The predicted octanol–water partition coefficient (Wildman–Crippen LogP) is 3.96. The van der Waals surface area contributed by atoms with Crippen molar-refractivity contribution in [3.63, 3.8) is 0 Å². The van der Waals surface area contributed by atoms with Gasteiger partial charge in [-0.3, -0.25) is 4.79 Å². The first-order chi connectivity index (χ1) is 13.9. The van der Waals surface area contributed by atoms with Gasteiger partial charge >= 0.3 is 0 Å². The van der Waals surface area contributed by atoms with Crippen molar-refractivity contribution >= 4 is 26.8 Å². The molecule has 7 heteroatoms. The summed E-state index contributed by atoms with van der Waals surface area (Å²) in [5, 5.41) is 3.94. The van der Waals surface area contributed by atoms with Crippen molar-refractivity contribution in [1.29, 1.82) is 0 Å². The summed E-state index contributed by atoms with van der Waals surface area (Å²) >= 11 is 0. The van der Waals surface area contributed by atoms with Gasteiger partial charge in [0.1, 0.15) is 5.69 Å². The normalized spacial score (nSPS) is 20.2. The molecule has 4 rings (SSSR count). The van der Waals surface area contributed by atoms with Crippen molar-refractivity contribution in [2.75, 3.05) is 13.1 Å². The number of aromatic amines is 1. The maximum atomic E-state index is 13.1. The third kappa shape index (κ3) is 4.08. The molecule has 1 amide bonds.